The smallest absolute Gasteiger partial charge is 0.326 e. The first-order valence-corrected chi connectivity index (χ1v) is 8.74. The summed E-state index contributed by atoms with van der Waals surface area (Å²) in [7, 11) is 1.59. The van der Waals surface area contributed by atoms with E-state index in [1.807, 2.05) is 38.1 Å². The lowest BCUT2D eigenvalue weighted by Crippen LogP contribution is -2.44. The molecule has 0 aliphatic carbocycles. The molecule has 1 heterocycles. The van der Waals surface area contributed by atoms with Crippen LogP contribution in [-0.2, 0) is 20.9 Å². The quantitative estimate of drug-likeness (QED) is 0.733. The zero-order valence-corrected chi connectivity index (χ0v) is 15.4. The van der Waals surface area contributed by atoms with Gasteiger partial charge in [0, 0.05) is 19.5 Å². The number of carbonyl (C=O) groups excluding carboxylic acids is 2. The van der Waals surface area contributed by atoms with Crippen molar-refractivity contribution >= 4 is 17.8 Å². The summed E-state index contributed by atoms with van der Waals surface area (Å²) in [6.45, 7) is 4.52. The van der Waals surface area contributed by atoms with Gasteiger partial charge in [0.15, 0.2) is 0 Å². The predicted molar refractivity (Wildman–Crippen MR) is 95.5 cm³/mol. The number of carboxylic acid groups (broad SMARTS) is 1. The van der Waals surface area contributed by atoms with E-state index in [-0.39, 0.29) is 24.2 Å². The van der Waals surface area contributed by atoms with Crippen LogP contribution in [0.5, 0.6) is 5.75 Å². The third kappa shape index (κ3) is 5.21. The van der Waals surface area contributed by atoms with Crippen LogP contribution in [0.4, 0.5) is 0 Å². The van der Waals surface area contributed by atoms with Crippen molar-refractivity contribution in [3.05, 3.63) is 29.8 Å². The first kappa shape index (κ1) is 19.8. The van der Waals surface area contributed by atoms with Gasteiger partial charge in [-0.05, 0) is 30.0 Å². The average molecular weight is 362 g/mol. The van der Waals surface area contributed by atoms with E-state index in [1.165, 1.54) is 0 Å². The van der Waals surface area contributed by atoms with Crippen molar-refractivity contribution < 1.29 is 24.2 Å². The molecule has 26 heavy (non-hydrogen) atoms. The van der Waals surface area contributed by atoms with E-state index in [2.05, 4.69) is 5.32 Å². The lowest BCUT2D eigenvalue weighted by Gasteiger charge is -2.19. The highest BCUT2D eigenvalue weighted by Gasteiger charge is 2.35. The Labute approximate surface area is 153 Å². The third-order valence-electron chi connectivity index (χ3n) is 4.44. The highest BCUT2D eigenvalue weighted by molar-refractivity contribution is 5.91. The van der Waals surface area contributed by atoms with Gasteiger partial charge in [-0.1, -0.05) is 26.0 Å². The van der Waals surface area contributed by atoms with Crippen molar-refractivity contribution in [3.8, 4) is 5.75 Å². The molecule has 0 spiro atoms. The number of carboxylic acids is 1. The normalized spacial score (nSPS) is 18.1. The van der Waals surface area contributed by atoms with Crippen LogP contribution in [-0.4, -0.2) is 47.5 Å². The van der Waals surface area contributed by atoms with Crippen LogP contribution in [0.25, 0.3) is 0 Å². The van der Waals surface area contributed by atoms with E-state index in [4.69, 9.17) is 4.74 Å². The molecule has 0 saturated carbocycles. The Kier molecular flexibility index (Phi) is 6.60. The summed E-state index contributed by atoms with van der Waals surface area (Å²) >= 11 is 0. The molecule has 1 aliphatic heterocycles. The highest BCUT2D eigenvalue weighted by atomic mass is 16.5. The molecule has 2 rings (SSSR count). The molecule has 2 N–H and O–H groups in total. The Morgan fingerprint density at radius 2 is 1.96 bits per heavy atom. The van der Waals surface area contributed by atoms with Crippen LogP contribution in [0.3, 0.4) is 0 Å². The van der Waals surface area contributed by atoms with E-state index < -0.39 is 17.9 Å². The molecule has 1 aromatic carbocycles. The molecule has 2 unspecified atom stereocenters. The molecular formula is C19H26N2O5. The van der Waals surface area contributed by atoms with Crippen LogP contribution < -0.4 is 10.1 Å². The Morgan fingerprint density at radius 3 is 2.50 bits per heavy atom. The van der Waals surface area contributed by atoms with Gasteiger partial charge in [-0.2, -0.15) is 0 Å². The molecular weight excluding hydrogens is 336 g/mol. The number of rotatable bonds is 8. The first-order valence-electron chi connectivity index (χ1n) is 8.74. The second-order valence-corrected chi connectivity index (χ2v) is 7.05. The number of ether oxygens (including phenoxy) is 1. The number of aliphatic carboxylic acids is 1. The van der Waals surface area contributed by atoms with Crippen LogP contribution in [0.2, 0.25) is 0 Å². The van der Waals surface area contributed by atoms with Crippen LogP contribution in [0.15, 0.2) is 24.3 Å². The van der Waals surface area contributed by atoms with Gasteiger partial charge in [0.05, 0.1) is 13.0 Å². The first-order chi connectivity index (χ1) is 12.3. The Morgan fingerprint density at radius 1 is 1.31 bits per heavy atom. The molecule has 142 valence electrons. The lowest BCUT2D eigenvalue weighted by molar-refractivity contribution is -0.142. The number of hydrogen-bond acceptors (Lipinski definition) is 4. The molecule has 0 bridgehead atoms. The number of benzene rings is 1. The van der Waals surface area contributed by atoms with Crippen molar-refractivity contribution in [2.75, 3.05) is 13.7 Å². The average Bonchev–Trinajstić information content (AvgIpc) is 2.95. The fraction of sp³-hybridized carbons (Fsp3) is 0.526. The van der Waals surface area contributed by atoms with Gasteiger partial charge in [-0.15, -0.1) is 0 Å². The molecule has 7 nitrogen and oxygen atoms in total. The number of nitrogens with zero attached hydrogens (tertiary/aromatic N) is 1. The molecule has 7 heteroatoms. The van der Waals surface area contributed by atoms with Crippen LogP contribution >= 0.6 is 0 Å². The number of carbonyl (C=O) groups is 3. The molecule has 1 aliphatic rings. The zero-order chi connectivity index (χ0) is 19.3. The minimum atomic E-state index is -1.05. The third-order valence-corrected chi connectivity index (χ3v) is 4.44. The summed E-state index contributed by atoms with van der Waals surface area (Å²) in [4.78, 5) is 37.6. The molecule has 2 amide bonds. The van der Waals surface area contributed by atoms with Crippen LogP contribution in [0, 0.1) is 11.8 Å². The number of hydrogen-bond donors (Lipinski definition) is 2. The molecule has 1 fully saturated rings. The van der Waals surface area contributed by atoms with Crippen molar-refractivity contribution in [2.45, 2.75) is 39.3 Å². The van der Waals surface area contributed by atoms with Crippen molar-refractivity contribution in [2.24, 2.45) is 11.8 Å². The van der Waals surface area contributed by atoms with E-state index >= 15 is 0 Å². The molecule has 1 saturated heterocycles. The van der Waals surface area contributed by atoms with Crippen molar-refractivity contribution in [1.82, 2.24) is 10.2 Å². The monoisotopic (exact) mass is 362 g/mol. The highest BCUT2D eigenvalue weighted by Crippen LogP contribution is 2.22. The fourth-order valence-corrected chi connectivity index (χ4v) is 3.03. The van der Waals surface area contributed by atoms with E-state index in [1.54, 1.807) is 12.0 Å². The largest absolute Gasteiger partial charge is 0.497 e. The minimum absolute atomic E-state index is 0.100. The molecule has 2 atom stereocenters. The summed E-state index contributed by atoms with van der Waals surface area (Å²) in [6.07, 6.45) is 0.466. The van der Waals surface area contributed by atoms with Gasteiger partial charge in [-0.25, -0.2) is 4.79 Å². The van der Waals surface area contributed by atoms with Gasteiger partial charge in [0.25, 0.3) is 0 Å². The summed E-state index contributed by atoms with van der Waals surface area (Å²) in [5.41, 5.74) is 0.948. The standard InChI is InChI=1S/C19H26N2O5/c1-12(2)8-16(19(24)25)20-18(23)14-9-17(22)21(11-14)10-13-4-6-15(26-3)7-5-13/h4-7,12,14,16H,8-11H2,1-3H3,(H,20,23)(H,24,25). The SMILES string of the molecule is COc1ccc(CN2CC(C(=O)NC(CC(C)C)C(=O)O)CC2=O)cc1. The Bertz CT molecular complexity index is 656. The Hall–Kier alpha value is -2.57. The lowest BCUT2D eigenvalue weighted by atomic mass is 10.0. The summed E-state index contributed by atoms with van der Waals surface area (Å²) in [5.74, 6) is -1.15. The van der Waals surface area contributed by atoms with Crippen LogP contribution in [0.1, 0.15) is 32.3 Å². The second-order valence-electron chi connectivity index (χ2n) is 7.05. The van der Waals surface area contributed by atoms with Gasteiger partial charge in [0.2, 0.25) is 11.8 Å². The van der Waals surface area contributed by atoms with E-state index in [0.29, 0.717) is 19.5 Å². The summed E-state index contributed by atoms with van der Waals surface area (Å²) < 4.78 is 5.11. The second kappa shape index (κ2) is 8.69. The topological polar surface area (TPSA) is 95.9 Å². The van der Waals surface area contributed by atoms with Crippen molar-refractivity contribution in [3.63, 3.8) is 0 Å². The number of likely N-dealkylation sites (tertiary alicyclic amines) is 1. The zero-order valence-electron chi connectivity index (χ0n) is 15.4. The fourth-order valence-electron chi connectivity index (χ4n) is 3.03. The molecule has 0 radical (unpaired) electrons. The molecule has 1 aromatic rings. The maximum absolute atomic E-state index is 12.4. The number of amides is 2. The Balaban J connectivity index is 1.94. The number of nitrogens with one attached hydrogen (secondary N) is 1. The summed E-state index contributed by atoms with van der Waals surface area (Å²) in [5, 5.41) is 11.8. The van der Waals surface area contributed by atoms with Crippen molar-refractivity contribution in [1.29, 1.82) is 0 Å². The van der Waals surface area contributed by atoms with Gasteiger partial charge >= 0.3 is 5.97 Å². The maximum atomic E-state index is 12.4. The molecule has 0 aromatic heterocycles. The maximum Gasteiger partial charge on any atom is 0.326 e. The van der Waals surface area contributed by atoms with Gasteiger partial charge in [-0.3, -0.25) is 9.59 Å². The minimum Gasteiger partial charge on any atom is -0.497 e. The van der Waals surface area contributed by atoms with Gasteiger partial charge < -0.3 is 20.1 Å². The van der Waals surface area contributed by atoms with E-state index in [0.717, 1.165) is 11.3 Å². The number of methoxy groups -OCH3 is 1. The predicted octanol–water partition coefficient (Wildman–Crippen LogP) is 1.66. The summed E-state index contributed by atoms with van der Waals surface area (Å²) in [6, 6.07) is 6.48. The van der Waals surface area contributed by atoms with Gasteiger partial charge in [0.1, 0.15) is 11.8 Å². The van der Waals surface area contributed by atoms with E-state index in [9.17, 15) is 19.5 Å².